The maximum absolute atomic E-state index is 13.4. The minimum absolute atomic E-state index is 0.0322. The minimum Gasteiger partial charge on any atom is -0.497 e. The summed E-state index contributed by atoms with van der Waals surface area (Å²) in [5.41, 5.74) is 1.07. The summed E-state index contributed by atoms with van der Waals surface area (Å²) in [7, 11) is 1.56. The van der Waals surface area contributed by atoms with Crippen LogP contribution in [0.2, 0.25) is 5.02 Å². The molecule has 5 heteroatoms. The first kappa shape index (κ1) is 14.3. The summed E-state index contributed by atoms with van der Waals surface area (Å²) in [6, 6.07) is 9.43. The van der Waals surface area contributed by atoms with Crippen molar-refractivity contribution in [3.05, 3.63) is 62.8 Å². The third-order valence-corrected chi connectivity index (χ3v) is 3.75. The van der Waals surface area contributed by atoms with Crippen LogP contribution in [0.4, 0.5) is 4.39 Å². The summed E-state index contributed by atoms with van der Waals surface area (Å²) in [5, 5.41) is 10.3. The second-order valence-corrected chi connectivity index (χ2v) is 5.23. The average molecular weight is 346 g/mol. The van der Waals surface area contributed by atoms with Gasteiger partial charge in [-0.2, -0.15) is 0 Å². The molecule has 2 aromatic rings. The van der Waals surface area contributed by atoms with Gasteiger partial charge in [-0.05, 0) is 35.4 Å². The molecule has 0 amide bonds. The van der Waals surface area contributed by atoms with Gasteiger partial charge in [0.2, 0.25) is 0 Å². The standard InChI is InChI=1S/C14H11BrClFO2/c1-19-9-3-4-10(11(15)7-9)14(18)8-2-5-12(16)13(17)6-8/h2-7,14,18H,1H3. The molecular weight excluding hydrogens is 335 g/mol. The normalized spacial score (nSPS) is 12.3. The summed E-state index contributed by atoms with van der Waals surface area (Å²) in [5.74, 6) is 0.118. The number of hydrogen-bond donors (Lipinski definition) is 1. The maximum Gasteiger partial charge on any atom is 0.142 e. The van der Waals surface area contributed by atoms with Crippen LogP contribution in [0.3, 0.4) is 0 Å². The monoisotopic (exact) mass is 344 g/mol. The second-order valence-electron chi connectivity index (χ2n) is 3.96. The van der Waals surface area contributed by atoms with Gasteiger partial charge in [0.25, 0.3) is 0 Å². The topological polar surface area (TPSA) is 29.5 Å². The first-order valence-electron chi connectivity index (χ1n) is 5.49. The molecule has 0 aromatic heterocycles. The Labute approximate surface area is 123 Å². The van der Waals surface area contributed by atoms with E-state index in [9.17, 15) is 9.50 Å². The summed E-state index contributed by atoms with van der Waals surface area (Å²) in [6.45, 7) is 0. The Balaban J connectivity index is 2.38. The lowest BCUT2D eigenvalue weighted by molar-refractivity contribution is 0.219. The van der Waals surface area contributed by atoms with Crippen LogP contribution in [0.1, 0.15) is 17.2 Å². The predicted octanol–water partition coefficient (Wildman–Crippen LogP) is 4.33. The van der Waals surface area contributed by atoms with E-state index in [1.165, 1.54) is 12.1 Å². The highest BCUT2D eigenvalue weighted by Crippen LogP contribution is 2.32. The highest BCUT2D eigenvalue weighted by Gasteiger charge is 2.15. The van der Waals surface area contributed by atoms with Gasteiger partial charge in [0.1, 0.15) is 17.7 Å². The van der Waals surface area contributed by atoms with E-state index in [2.05, 4.69) is 15.9 Å². The van der Waals surface area contributed by atoms with Crippen molar-refractivity contribution in [3.8, 4) is 5.75 Å². The number of halogens is 3. The summed E-state index contributed by atoms with van der Waals surface area (Å²) < 4.78 is 19.2. The first-order valence-corrected chi connectivity index (χ1v) is 6.66. The smallest absolute Gasteiger partial charge is 0.142 e. The summed E-state index contributed by atoms with van der Waals surface area (Å²) >= 11 is 8.98. The van der Waals surface area contributed by atoms with Crippen LogP contribution in [0.15, 0.2) is 40.9 Å². The van der Waals surface area contributed by atoms with E-state index in [-0.39, 0.29) is 5.02 Å². The Kier molecular flexibility index (Phi) is 4.45. The third-order valence-electron chi connectivity index (χ3n) is 2.76. The van der Waals surface area contributed by atoms with Gasteiger partial charge in [-0.3, -0.25) is 0 Å². The Morgan fingerprint density at radius 2 is 2.00 bits per heavy atom. The van der Waals surface area contributed by atoms with Crippen molar-refractivity contribution in [1.82, 2.24) is 0 Å². The van der Waals surface area contributed by atoms with Crippen molar-refractivity contribution in [2.45, 2.75) is 6.10 Å². The molecular formula is C14H11BrClFO2. The first-order chi connectivity index (χ1) is 9.02. The quantitative estimate of drug-likeness (QED) is 0.897. The maximum atomic E-state index is 13.4. The Morgan fingerprint density at radius 3 is 2.58 bits per heavy atom. The molecule has 0 aliphatic rings. The van der Waals surface area contributed by atoms with Crippen LogP contribution >= 0.6 is 27.5 Å². The average Bonchev–Trinajstić information content (AvgIpc) is 2.41. The minimum atomic E-state index is -0.938. The van der Waals surface area contributed by atoms with E-state index < -0.39 is 11.9 Å². The van der Waals surface area contributed by atoms with Gasteiger partial charge >= 0.3 is 0 Å². The van der Waals surface area contributed by atoms with Crippen LogP contribution in [-0.4, -0.2) is 12.2 Å². The van der Waals surface area contributed by atoms with Crippen LogP contribution in [-0.2, 0) is 0 Å². The van der Waals surface area contributed by atoms with Crippen molar-refractivity contribution >= 4 is 27.5 Å². The van der Waals surface area contributed by atoms with Crippen molar-refractivity contribution in [3.63, 3.8) is 0 Å². The van der Waals surface area contributed by atoms with Gasteiger partial charge in [-0.25, -0.2) is 4.39 Å². The Hall–Kier alpha value is -1.10. The molecule has 1 atom stereocenters. The molecule has 0 saturated heterocycles. The number of rotatable bonds is 3. The lowest BCUT2D eigenvalue weighted by Crippen LogP contribution is -2.01. The molecule has 0 fully saturated rings. The van der Waals surface area contributed by atoms with E-state index >= 15 is 0 Å². The van der Waals surface area contributed by atoms with E-state index in [4.69, 9.17) is 16.3 Å². The molecule has 2 rings (SSSR count). The van der Waals surface area contributed by atoms with Gasteiger partial charge < -0.3 is 9.84 Å². The number of benzene rings is 2. The molecule has 100 valence electrons. The van der Waals surface area contributed by atoms with E-state index in [0.29, 0.717) is 21.3 Å². The molecule has 0 spiro atoms. The SMILES string of the molecule is COc1ccc(C(O)c2ccc(Cl)c(F)c2)c(Br)c1. The molecule has 1 N–H and O–H groups in total. The lowest BCUT2D eigenvalue weighted by Gasteiger charge is -2.14. The number of aliphatic hydroxyl groups is 1. The zero-order valence-corrected chi connectivity index (χ0v) is 12.4. The lowest BCUT2D eigenvalue weighted by atomic mass is 10.0. The van der Waals surface area contributed by atoms with Crippen LogP contribution in [0, 0.1) is 5.82 Å². The molecule has 2 nitrogen and oxygen atoms in total. The molecule has 0 aliphatic carbocycles. The van der Waals surface area contributed by atoms with Gasteiger partial charge in [0.15, 0.2) is 0 Å². The van der Waals surface area contributed by atoms with Crippen molar-refractivity contribution in [1.29, 1.82) is 0 Å². The van der Waals surface area contributed by atoms with Gasteiger partial charge in [0, 0.05) is 4.47 Å². The zero-order valence-electron chi connectivity index (χ0n) is 10.0. The van der Waals surface area contributed by atoms with Crippen LogP contribution < -0.4 is 4.74 Å². The van der Waals surface area contributed by atoms with Gasteiger partial charge in [-0.15, -0.1) is 0 Å². The molecule has 2 aromatic carbocycles. The van der Waals surface area contributed by atoms with Crippen molar-refractivity contribution in [2.24, 2.45) is 0 Å². The number of aliphatic hydroxyl groups excluding tert-OH is 1. The number of hydrogen-bond acceptors (Lipinski definition) is 2. The van der Waals surface area contributed by atoms with Crippen molar-refractivity contribution in [2.75, 3.05) is 7.11 Å². The molecule has 0 bridgehead atoms. The molecule has 19 heavy (non-hydrogen) atoms. The molecule has 0 radical (unpaired) electrons. The van der Waals surface area contributed by atoms with Gasteiger partial charge in [0.05, 0.1) is 12.1 Å². The van der Waals surface area contributed by atoms with Gasteiger partial charge in [-0.1, -0.05) is 39.7 Å². The molecule has 0 aliphatic heterocycles. The largest absolute Gasteiger partial charge is 0.497 e. The van der Waals surface area contributed by atoms with E-state index in [1.54, 1.807) is 31.4 Å². The fourth-order valence-electron chi connectivity index (χ4n) is 1.72. The highest BCUT2D eigenvalue weighted by molar-refractivity contribution is 9.10. The molecule has 0 saturated carbocycles. The zero-order chi connectivity index (χ0) is 14.0. The van der Waals surface area contributed by atoms with Crippen LogP contribution in [0.25, 0.3) is 0 Å². The fourth-order valence-corrected chi connectivity index (χ4v) is 2.41. The Morgan fingerprint density at radius 1 is 1.26 bits per heavy atom. The summed E-state index contributed by atoms with van der Waals surface area (Å²) in [6.07, 6.45) is -0.938. The highest BCUT2D eigenvalue weighted by atomic mass is 79.9. The molecule has 1 unspecified atom stereocenters. The predicted molar refractivity (Wildman–Crippen MR) is 76.2 cm³/mol. The van der Waals surface area contributed by atoms with Crippen molar-refractivity contribution < 1.29 is 14.2 Å². The summed E-state index contributed by atoms with van der Waals surface area (Å²) in [4.78, 5) is 0. The Bertz CT molecular complexity index is 604. The second kappa shape index (κ2) is 5.90. The molecule has 0 heterocycles. The van der Waals surface area contributed by atoms with E-state index in [0.717, 1.165) is 0 Å². The number of ether oxygens (including phenoxy) is 1. The number of methoxy groups -OCH3 is 1. The fraction of sp³-hybridized carbons (Fsp3) is 0.143. The van der Waals surface area contributed by atoms with Crippen LogP contribution in [0.5, 0.6) is 5.75 Å². The van der Waals surface area contributed by atoms with E-state index in [1.807, 2.05) is 0 Å². The third kappa shape index (κ3) is 3.08.